The molecule has 0 spiro atoms. The Morgan fingerprint density at radius 1 is 0.357 bits per heavy atom. The summed E-state index contributed by atoms with van der Waals surface area (Å²) in [6.07, 6.45) is 0. The summed E-state index contributed by atoms with van der Waals surface area (Å²) >= 11 is 0. The summed E-state index contributed by atoms with van der Waals surface area (Å²) in [6.45, 7) is 9.43. The Morgan fingerprint density at radius 3 is 1.66 bits per heavy atom. The molecule has 0 unspecified atom stereocenters. The molecule has 0 aromatic heterocycles. The van der Waals surface area contributed by atoms with Crippen molar-refractivity contribution in [2.24, 2.45) is 0 Å². The zero-order valence-electron chi connectivity index (χ0n) is 32.4. The minimum atomic E-state index is -0.170. The van der Waals surface area contributed by atoms with Gasteiger partial charge in [0.25, 0.3) is 0 Å². The molecule has 56 heavy (non-hydrogen) atoms. The van der Waals surface area contributed by atoms with Crippen LogP contribution in [0.25, 0.3) is 33.4 Å². The van der Waals surface area contributed by atoms with E-state index >= 15 is 0 Å². The zero-order valence-corrected chi connectivity index (χ0v) is 32.4. The molecule has 1 aliphatic heterocycles. The van der Waals surface area contributed by atoms with Gasteiger partial charge in [-0.05, 0) is 105 Å². The van der Waals surface area contributed by atoms with Crippen LogP contribution in [0.15, 0.2) is 194 Å². The molecule has 0 fully saturated rings. The molecule has 1 heterocycles. The number of anilines is 6. The summed E-state index contributed by atoms with van der Waals surface area (Å²) in [7, 11) is 0. The van der Waals surface area contributed by atoms with E-state index < -0.39 is 0 Å². The van der Waals surface area contributed by atoms with Crippen molar-refractivity contribution in [3.63, 3.8) is 0 Å². The van der Waals surface area contributed by atoms with Crippen molar-refractivity contribution in [1.29, 1.82) is 0 Å². The maximum Gasteiger partial charge on any atom is 0.0540 e. The SMILES string of the molecule is CC1(C)c2ccccc2-c2ccc(N(c3ccc(-c4ccccc4)cc3)c3ccccc3-c3ccc4c(c3)N(c3ccccc3)c3ccccc3C4(C)C)cc21. The third-order valence-electron chi connectivity index (χ3n) is 12.3. The Kier molecular flexibility index (Phi) is 7.87. The maximum atomic E-state index is 2.46. The second-order valence-electron chi connectivity index (χ2n) is 16.2. The second kappa shape index (κ2) is 13.0. The van der Waals surface area contributed by atoms with Gasteiger partial charge in [0, 0.05) is 33.5 Å². The van der Waals surface area contributed by atoms with Crippen molar-refractivity contribution in [2.45, 2.75) is 38.5 Å². The number of nitrogens with zero attached hydrogens (tertiary/aromatic N) is 2. The van der Waals surface area contributed by atoms with E-state index in [-0.39, 0.29) is 10.8 Å². The first-order chi connectivity index (χ1) is 27.3. The lowest BCUT2D eigenvalue weighted by Crippen LogP contribution is -2.30. The summed E-state index contributed by atoms with van der Waals surface area (Å²) in [5.74, 6) is 0. The molecule has 1 aliphatic carbocycles. The molecule has 8 aromatic carbocycles. The fraction of sp³-hybridized carbons (Fsp3) is 0.111. The molecule has 0 atom stereocenters. The molecular formula is C54H44N2. The van der Waals surface area contributed by atoms with Gasteiger partial charge in [-0.15, -0.1) is 0 Å². The Balaban J connectivity index is 1.16. The predicted octanol–water partition coefficient (Wildman–Crippen LogP) is 14.9. The molecule has 8 aromatic rings. The largest absolute Gasteiger partial charge is 0.310 e. The van der Waals surface area contributed by atoms with Crippen LogP contribution in [0, 0.1) is 0 Å². The van der Waals surface area contributed by atoms with Crippen molar-refractivity contribution >= 4 is 34.1 Å². The highest BCUT2D eigenvalue weighted by molar-refractivity contribution is 5.94. The van der Waals surface area contributed by atoms with Crippen LogP contribution >= 0.6 is 0 Å². The number of rotatable bonds is 6. The van der Waals surface area contributed by atoms with Crippen LogP contribution in [-0.4, -0.2) is 0 Å². The van der Waals surface area contributed by atoms with Gasteiger partial charge in [-0.25, -0.2) is 0 Å². The first kappa shape index (κ1) is 33.9. The summed E-state index contributed by atoms with van der Waals surface area (Å²) in [6, 6.07) is 71.3. The molecule has 10 rings (SSSR count). The molecule has 0 radical (unpaired) electrons. The molecule has 2 nitrogen and oxygen atoms in total. The van der Waals surface area contributed by atoms with Crippen LogP contribution in [-0.2, 0) is 10.8 Å². The van der Waals surface area contributed by atoms with Crippen molar-refractivity contribution in [3.05, 3.63) is 216 Å². The van der Waals surface area contributed by atoms with E-state index in [2.05, 4.69) is 232 Å². The van der Waals surface area contributed by atoms with Crippen molar-refractivity contribution in [2.75, 3.05) is 9.80 Å². The summed E-state index contributed by atoms with van der Waals surface area (Å²) < 4.78 is 0. The smallest absolute Gasteiger partial charge is 0.0540 e. The fourth-order valence-electron chi connectivity index (χ4n) is 9.34. The molecule has 270 valence electrons. The Morgan fingerprint density at radius 2 is 0.893 bits per heavy atom. The Bertz CT molecular complexity index is 2740. The highest BCUT2D eigenvalue weighted by Gasteiger charge is 2.38. The van der Waals surface area contributed by atoms with Gasteiger partial charge in [0.15, 0.2) is 0 Å². The Hall–Kier alpha value is -6.64. The van der Waals surface area contributed by atoms with Crippen LogP contribution in [0.5, 0.6) is 0 Å². The fourth-order valence-corrected chi connectivity index (χ4v) is 9.34. The van der Waals surface area contributed by atoms with Gasteiger partial charge in [0.2, 0.25) is 0 Å². The standard InChI is InChI=1S/C54H44N2/c1-53(2)46-23-13-11-22-44(46)45-33-32-42(36-49(45)53)55(41-30-27-38(28-31-41)37-17-7-5-8-18-37)50-25-15-12-21-43(50)39-29-34-48-52(35-39)56(40-19-9-6-10-20-40)51-26-16-14-24-47(51)54(48,3)4/h5-36H,1-4H3. The zero-order chi connectivity index (χ0) is 38.0. The normalized spacial score (nSPS) is 14.3. The number of hydrogen-bond donors (Lipinski definition) is 0. The van der Waals surface area contributed by atoms with Gasteiger partial charge in [0.1, 0.15) is 0 Å². The highest BCUT2D eigenvalue weighted by Crippen LogP contribution is 2.54. The van der Waals surface area contributed by atoms with Gasteiger partial charge in [-0.2, -0.15) is 0 Å². The average Bonchev–Trinajstić information content (AvgIpc) is 3.47. The van der Waals surface area contributed by atoms with Crippen LogP contribution in [0.2, 0.25) is 0 Å². The summed E-state index contributed by atoms with van der Waals surface area (Å²) in [4.78, 5) is 4.90. The first-order valence-electron chi connectivity index (χ1n) is 19.7. The molecule has 0 saturated carbocycles. The predicted molar refractivity (Wildman–Crippen MR) is 236 cm³/mol. The average molecular weight is 721 g/mol. The van der Waals surface area contributed by atoms with Crippen LogP contribution in [0.4, 0.5) is 34.1 Å². The molecule has 2 heteroatoms. The lowest BCUT2D eigenvalue weighted by atomic mass is 9.73. The van der Waals surface area contributed by atoms with E-state index in [0.717, 1.165) is 22.7 Å². The monoisotopic (exact) mass is 720 g/mol. The molecule has 0 saturated heterocycles. The van der Waals surface area contributed by atoms with Gasteiger partial charge in [-0.1, -0.05) is 167 Å². The molecule has 2 aliphatic rings. The topological polar surface area (TPSA) is 6.48 Å². The number of para-hydroxylation sites is 3. The van der Waals surface area contributed by atoms with E-state index in [1.165, 1.54) is 67.0 Å². The van der Waals surface area contributed by atoms with Gasteiger partial charge in [0.05, 0.1) is 17.1 Å². The van der Waals surface area contributed by atoms with E-state index in [4.69, 9.17) is 0 Å². The van der Waals surface area contributed by atoms with Crippen LogP contribution < -0.4 is 9.80 Å². The lowest BCUT2D eigenvalue weighted by molar-refractivity contribution is 0.632. The number of hydrogen-bond acceptors (Lipinski definition) is 2. The van der Waals surface area contributed by atoms with Crippen molar-refractivity contribution in [1.82, 2.24) is 0 Å². The van der Waals surface area contributed by atoms with E-state index in [1.807, 2.05) is 0 Å². The minimum Gasteiger partial charge on any atom is -0.310 e. The maximum absolute atomic E-state index is 2.46. The van der Waals surface area contributed by atoms with Crippen LogP contribution in [0.3, 0.4) is 0 Å². The second-order valence-corrected chi connectivity index (χ2v) is 16.2. The van der Waals surface area contributed by atoms with Gasteiger partial charge < -0.3 is 9.80 Å². The molecule has 0 bridgehead atoms. The third kappa shape index (κ3) is 5.32. The molecular weight excluding hydrogens is 677 g/mol. The summed E-state index contributed by atoms with van der Waals surface area (Å²) in [5.41, 5.74) is 19.5. The quantitative estimate of drug-likeness (QED) is 0.169. The van der Waals surface area contributed by atoms with Crippen LogP contribution in [0.1, 0.15) is 49.9 Å². The third-order valence-corrected chi connectivity index (χ3v) is 12.3. The van der Waals surface area contributed by atoms with E-state index in [1.54, 1.807) is 0 Å². The van der Waals surface area contributed by atoms with Gasteiger partial charge >= 0.3 is 0 Å². The van der Waals surface area contributed by atoms with Crippen molar-refractivity contribution in [3.8, 4) is 33.4 Å². The minimum absolute atomic E-state index is 0.118. The number of fused-ring (bicyclic) bond motifs is 5. The number of benzene rings is 8. The molecule has 0 N–H and O–H groups in total. The first-order valence-corrected chi connectivity index (χ1v) is 19.7. The van der Waals surface area contributed by atoms with E-state index in [9.17, 15) is 0 Å². The van der Waals surface area contributed by atoms with Crippen molar-refractivity contribution < 1.29 is 0 Å². The van der Waals surface area contributed by atoms with E-state index in [0.29, 0.717) is 0 Å². The summed E-state index contributed by atoms with van der Waals surface area (Å²) in [5, 5.41) is 0. The Labute approximate surface area is 331 Å². The highest BCUT2D eigenvalue weighted by atomic mass is 15.2. The molecule has 0 amide bonds. The van der Waals surface area contributed by atoms with Gasteiger partial charge in [-0.3, -0.25) is 0 Å². The lowest BCUT2D eigenvalue weighted by Gasteiger charge is -2.42.